The van der Waals surface area contributed by atoms with Crippen molar-refractivity contribution >= 4 is 17.4 Å². The first-order chi connectivity index (χ1) is 16.6. The molecule has 2 fully saturated rings. The van der Waals surface area contributed by atoms with Gasteiger partial charge in [-0.25, -0.2) is 0 Å². The Labute approximate surface area is 201 Å². The normalized spacial score (nSPS) is 18.4. The zero-order valence-corrected chi connectivity index (χ0v) is 19.8. The zero-order chi connectivity index (χ0) is 23.8. The van der Waals surface area contributed by atoms with Gasteiger partial charge in [-0.1, -0.05) is 36.8 Å². The number of Topliss-reactive ketones (excluding diaryl/α,β-unsaturated/α-hetero) is 1. The predicted molar refractivity (Wildman–Crippen MR) is 132 cm³/mol. The molecule has 7 nitrogen and oxygen atoms in total. The Hall–Kier alpha value is -2.90. The van der Waals surface area contributed by atoms with Crippen LogP contribution in [0.2, 0.25) is 0 Å². The molecule has 1 N–H and O–H groups in total. The first kappa shape index (κ1) is 24.2. The van der Waals surface area contributed by atoms with E-state index in [0.717, 1.165) is 62.6 Å². The second-order valence-corrected chi connectivity index (χ2v) is 9.19. The molecule has 0 spiro atoms. The van der Waals surface area contributed by atoms with E-state index in [4.69, 9.17) is 4.74 Å². The van der Waals surface area contributed by atoms with Gasteiger partial charge in [0.2, 0.25) is 5.91 Å². The van der Waals surface area contributed by atoms with Crippen LogP contribution in [0.5, 0.6) is 11.5 Å². The number of ether oxygens (including phenoxy) is 1. The monoisotopic (exact) mass is 465 g/mol. The van der Waals surface area contributed by atoms with Crippen molar-refractivity contribution in [3.8, 4) is 11.5 Å². The first-order valence-corrected chi connectivity index (χ1v) is 12.4. The van der Waals surface area contributed by atoms with Crippen molar-refractivity contribution in [2.75, 3.05) is 50.7 Å². The van der Waals surface area contributed by atoms with E-state index in [2.05, 4.69) is 15.9 Å². The van der Waals surface area contributed by atoms with Crippen LogP contribution < -0.4 is 9.64 Å². The number of anilines is 1. The Kier molecular flexibility index (Phi) is 8.55. The van der Waals surface area contributed by atoms with Crippen LogP contribution in [0.4, 0.5) is 5.69 Å². The fraction of sp³-hybridized carbons (Fsp3) is 0.481. The highest BCUT2D eigenvalue weighted by Crippen LogP contribution is 2.32. The van der Waals surface area contributed by atoms with Crippen LogP contribution in [0.25, 0.3) is 0 Å². The molecule has 2 aliphatic rings. The van der Waals surface area contributed by atoms with Gasteiger partial charge in [0.25, 0.3) is 0 Å². The number of para-hydroxylation sites is 3. The Morgan fingerprint density at radius 2 is 1.65 bits per heavy atom. The maximum Gasteiger partial charge on any atom is 0.222 e. The van der Waals surface area contributed by atoms with Crippen LogP contribution in [0, 0.1) is 0 Å². The Morgan fingerprint density at radius 3 is 2.44 bits per heavy atom. The Balaban J connectivity index is 1.24. The lowest BCUT2D eigenvalue weighted by Gasteiger charge is -2.37. The quantitative estimate of drug-likeness (QED) is 0.613. The van der Waals surface area contributed by atoms with Gasteiger partial charge in [-0.3, -0.25) is 14.5 Å². The second kappa shape index (κ2) is 12.0. The van der Waals surface area contributed by atoms with Crippen molar-refractivity contribution in [3.63, 3.8) is 0 Å². The van der Waals surface area contributed by atoms with E-state index < -0.39 is 6.10 Å². The number of aliphatic hydroxyl groups excluding tert-OH is 1. The largest absolute Gasteiger partial charge is 0.455 e. The van der Waals surface area contributed by atoms with Gasteiger partial charge in [-0.2, -0.15) is 0 Å². The number of benzene rings is 2. The van der Waals surface area contributed by atoms with Crippen molar-refractivity contribution in [1.29, 1.82) is 0 Å². The van der Waals surface area contributed by atoms with E-state index in [9.17, 15) is 14.7 Å². The standard InChI is InChI=1S/C27H35N3O4/c31-22(19-23(32)21-30-14-8-2-5-13-27(30)33)20-28-15-17-29(18-16-28)25-11-6-7-12-26(25)34-24-9-3-1-4-10-24/h1,3-4,6-7,9-12,22,31H,2,5,8,13-21H2. The lowest BCUT2D eigenvalue weighted by Crippen LogP contribution is -2.49. The molecule has 4 rings (SSSR count). The number of rotatable bonds is 9. The molecule has 7 heteroatoms. The zero-order valence-electron chi connectivity index (χ0n) is 19.8. The number of hydrogen-bond donors (Lipinski definition) is 1. The number of likely N-dealkylation sites (tertiary alicyclic amines) is 1. The Morgan fingerprint density at radius 1 is 0.912 bits per heavy atom. The summed E-state index contributed by atoms with van der Waals surface area (Å²) in [5.41, 5.74) is 1.06. The highest BCUT2D eigenvalue weighted by Gasteiger charge is 2.24. The second-order valence-electron chi connectivity index (χ2n) is 9.19. The fourth-order valence-corrected chi connectivity index (χ4v) is 4.70. The number of carbonyl (C=O) groups excluding carboxylic acids is 2. The molecule has 182 valence electrons. The van der Waals surface area contributed by atoms with Crippen LogP contribution in [0.3, 0.4) is 0 Å². The summed E-state index contributed by atoms with van der Waals surface area (Å²) in [6.07, 6.45) is 2.80. The fourth-order valence-electron chi connectivity index (χ4n) is 4.70. The smallest absolute Gasteiger partial charge is 0.222 e. The predicted octanol–water partition coefficient (Wildman–Crippen LogP) is 3.32. The van der Waals surface area contributed by atoms with Crippen molar-refractivity contribution in [3.05, 3.63) is 54.6 Å². The van der Waals surface area contributed by atoms with E-state index in [1.54, 1.807) is 4.90 Å². The summed E-state index contributed by atoms with van der Waals surface area (Å²) >= 11 is 0. The van der Waals surface area contributed by atoms with Gasteiger partial charge < -0.3 is 19.6 Å². The maximum absolute atomic E-state index is 12.5. The van der Waals surface area contributed by atoms with Crippen molar-refractivity contribution in [1.82, 2.24) is 9.80 Å². The van der Waals surface area contributed by atoms with Gasteiger partial charge in [0.15, 0.2) is 11.5 Å². The highest BCUT2D eigenvalue weighted by molar-refractivity contribution is 5.86. The molecule has 2 heterocycles. The van der Waals surface area contributed by atoms with Gasteiger partial charge in [-0.05, 0) is 37.1 Å². The van der Waals surface area contributed by atoms with Gasteiger partial charge in [-0.15, -0.1) is 0 Å². The van der Waals surface area contributed by atoms with E-state index in [1.165, 1.54) is 0 Å². The van der Waals surface area contributed by atoms with E-state index in [-0.39, 0.29) is 24.7 Å². The van der Waals surface area contributed by atoms with Gasteiger partial charge in [0.05, 0.1) is 18.3 Å². The molecular formula is C27H35N3O4. The van der Waals surface area contributed by atoms with Crippen LogP contribution in [0.15, 0.2) is 54.6 Å². The van der Waals surface area contributed by atoms with Crippen LogP contribution in [-0.2, 0) is 9.59 Å². The van der Waals surface area contributed by atoms with Gasteiger partial charge >= 0.3 is 0 Å². The summed E-state index contributed by atoms with van der Waals surface area (Å²) in [6.45, 7) is 4.48. The van der Waals surface area contributed by atoms with E-state index in [0.29, 0.717) is 19.5 Å². The van der Waals surface area contributed by atoms with Crippen LogP contribution >= 0.6 is 0 Å². The number of aliphatic hydroxyl groups is 1. The molecule has 0 aromatic heterocycles. The SMILES string of the molecule is O=C(CC(O)CN1CCN(c2ccccc2Oc2ccccc2)CC1)CN1CCCCCC1=O. The Bertz CT molecular complexity index is 944. The topological polar surface area (TPSA) is 73.3 Å². The van der Waals surface area contributed by atoms with Crippen molar-refractivity contribution in [2.24, 2.45) is 0 Å². The summed E-state index contributed by atoms with van der Waals surface area (Å²) in [4.78, 5) is 30.7. The van der Waals surface area contributed by atoms with E-state index in [1.807, 2.05) is 48.5 Å². The average Bonchev–Trinajstić information content (AvgIpc) is 3.04. The number of ketones is 1. The third kappa shape index (κ3) is 6.81. The third-order valence-corrected chi connectivity index (χ3v) is 6.52. The molecule has 1 unspecified atom stereocenters. The summed E-state index contributed by atoms with van der Waals surface area (Å²) in [5, 5.41) is 10.5. The molecule has 2 aromatic carbocycles. The molecule has 2 aliphatic heterocycles. The number of piperazine rings is 1. The van der Waals surface area contributed by atoms with E-state index >= 15 is 0 Å². The lowest BCUT2D eigenvalue weighted by atomic mass is 10.1. The summed E-state index contributed by atoms with van der Waals surface area (Å²) < 4.78 is 6.11. The summed E-state index contributed by atoms with van der Waals surface area (Å²) in [5.74, 6) is 1.64. The molecule has 2 saturated heterocycles. The van der Waals surface area contributed by atoms with Gasteiger partial charge in [0, 0.05) is 52.1 Å². The molecule has 0 radical (unpaired) electrons. The molecule has 0 aliphatic carbocycles. The average molecular weight is 466 g/mol. The van der Waals surface area contributed by atoms with Crippen molar-refractivity contribution in [2.45, 2.75) is 38.2 Å². The third-order valence-electron chi connectivity index (χ3n) is 6.52. The molecular weight excluding hydrogens is 430 g/mol. The number of amides is 1. The number of nitrogens with zero attached hydrogens (tertiary/aromatic N) is 3. The molecule has 2 aromatic rings. The van der Waals surface area contributed by atoms with Gasteiger partial charge in [0.1, 0.15) is 5.75 Å². The van der Waals surface area contributed by atoms with Crippen LogP contribution in [-0.4, -0.2) is 78.5 Å². The molecule has 34 heavy (non-hydrogen) atoms. The molecule has 1 amide bonds. The van der Waals surface area contributed by atoms with Crippen LogP contribution in [0.1, 0.15) is 32.1 Å². The molecule has 1 atom stereocenters. The maximum atomic E-state index is 12.5. The minimum Gasteiger partial charge on any atom is -0.455 e. The first-order valence-electron chi connectivity index (χ1n) is 12.4. The number of β-amino-alcohol motifs (C(OH)–C–C–N with tert-alkyl or cyclic N) is 1. The number of carbonyl (C=O) groups is 2. The highest BCUT2D eigenvalue weighted by atomic mass is 16.5. The minimum atomic E-state index is -0.713. The molecule has 0 saturated carbocycles. The molecule has 0 bridgehead atoms. The summed E-state index contributed by atoms with van der Waals surface area (Å²) in [7, 11) is 0. The summed E-state index contributed by atoms with van der Waals surface area (Å²) in [6, 6.07) is 17.8. The van der Waals surface area contributed by atoms with Crippen molar-refractivity contribution < 1.29 is 19.4 Å². The lowest BCUT2D eigenvalue weighted by molar-refractivity contribution is -0.135. The number of hydrogen-bond acceptors (Lipinski definition) is 6. The minimum absolute atomic E-state index is 0.0617.